The molecule has 37 heavy (non-hydrogen) atoms. The number of amides is 1. The number of hydrogen-bond acceptors (Lipinski definition) is 7. The largest absolute Gasteiger partial charge is 0.366 e. The second-order valence-electron chi connectivity index (χ2n) is 8.93. The highest BCUT2D eigenvalue weighted by Crippen LogP contribution is 2.33. The summed E-state index contributed by atoms with van der Waals surface area (Å²) in [5, 5.41) is 18.5. The third kappa shape index (κ3) is 5.45. The number of thiazole rings is 1. The number of thiocarbonyl (C=S) groups is 1. The maximum Gasteiger partial charge on any atom is 0.293 e. The van der Waals surface area contributed by atoms with Crippen molar-refractivity contribution in [2.45, 2.75) is 26.2 Å². The fraction of sp³-hybridized carbons (Fsp3) is 0.222. The number of nitrogens with zero attached hydrogens (tertiary/aromatic N) is 3. The summed E-state index contributed by atoms with van der Waals surface area (Å²) in [5.41, 5.74) is 4.31. The van der Waals surface area contributed by atoms with Crippen LogP contribution in [0.1, 0.15) is 35.2 Å². The lowest BCUT2D eigenvalue weighted by molar-refractivity contribution is -0.384. The van der Waals surface area contributed by atoms with Crippen LogP contribution in [0.4, 0.5) is 17.1 Å². The molecule has 1 amide bonds. The minimum absolute atomic E-state index is 0.0743. The topological polar surface area (TPSA) is 100 Å². The molecule has 0 aliphatic carbocycles. The molecule has 1 fully saturated rings. The number of para-hydroxylation sites is 1. The Labute approximate surface area is 223 Å². The summed E-state index contributed by atoms with van der Waals surface area (Å²) in [6.45, 7) is 3.50. The minimum Gasteiger partial charge on any atom is -0.366 e. The van der Waals surface area contributed by atoms with Crippen molar-refractivity contribution in [2.75, 3.05) is 23.3 Å². The summed E-state index contributed by atoms with van der Waals surface area (Å²) in [7, 11) is 0. The Morgan fingerprint density at radius 1 is 1.08 bits per heavy atom. The first-order chi connectivity index (χ1) is 17.9. The predicted octanol–water partition coefficient (Wildman–Crippen LogP) is 6.30. The summed E-state index contributed by atoms with van der Waals surface area (Å²) >= 11 is 6.99. The Morgan fingerprint density at radius 3 is 2.59 bits per heavy atom. The molecule has 2 N–H and O–H groups in total. The van der Waals surface area contributed by atoms with Crippen LogP contribution in [0.3, 0.4) is 0 Å². The van der Waals surface area contributed by atoms with Crippen LogP contribution in [0.15, 0.2) is 60.7 Å². The number of nitro benzene ring substituents is 1. The molecule has 0 unspecified atom stereocenters. The summed E-state index contributed by atoms with van der Waals surface area (Å²) in [4.78, 5) is 30.8. The fourth-order valence-corrected chi connectivity index (χ4v) is 5.64. The third-order valence-electron chi connectivity index (χ3n) is 6.37. The lowest BCUT2D eigenvalue weighted by Gasteiger charge is -2.28. The number of benzene rings is 3. The van der Waals surface area contributed by atoms with E-state index in [1.54, 1.807) is 23.5 Å². The van der Waals surface area contributed by atoms with Crippen molar-refractivity contribution in [3.63, 3.8) is 0 Å². The normalized spacial score (nSPS) is 13.4. The number of hydrogen-bond donors (Lipinski definition) is 2. The van der Waals surface area contributed by atoms with Gasteiger partial charge in [-0.25, -0.2) is 4.98 Å². The molecule has 8 nitrogen and oxygen atoms in total. The number of nitrogens with one attached hydrogen (secondary N) is 2. The first-order valence-electron chi connectivity index (χ1n) is 12.0. The van der Waals surface area contributed by atoms with Crippen molar-refractivity contribution in [1.29, 1.82) is 0 Å². The highest BCUT2D eigenvalue weighted by Gasteiger charge is 2.23. The van der Waals surface area contributed by atoms with Crippen molar-refractivity contribution in [1.82, 2.24) is 10.3 Å². The van der Waals surface area contributed by atoms with Gasteiger partial charge in [0.25, 0.3) is 11.6 Å². The molecule has 0 bridgehead atoms. The maximum atomic E-state index is 12.8. The fourth-order valence-electron chi connectivity index (χ4n) is 4.47. The number of carbonyl (C=O) groups excluding carboxylic acids is 1. The van der Waals surface area contributed by atoms with Crippen molar-refractivity contribution in [2.24, 2.45) is 0 Å². The zero-order valence-corrected chi connectivity index (χ0v) is 21.8. The van der Waals surface area contributed by atoms with Gasteiger partial charge >= 0.3 is 0 Å². The van der Waals surface area contributed by atoms with E-state index in [1.165, 1.54) is 6.07 Å². The second kappa shape index (κ2) is 10.6. The number of rotatable bonds is 5. The van der Waals surface area contributed by atoms with Crippen LogP contribution >= 0.6 is 23.6 Å². The monoisotopic (exact) mass is 531 g/mol. The zero-order chi connectivity index (χ0) is 25.9. The Balaban J connectivity index is 1.27. The van der Waals surface area contributed by atoms with Gasteiger partial charge in [0.2, 0.25) is 0 Å². The van der Waals surface area contributed by atoms with Gasteiger partial charge in [0.15, 0.2) is 5.11 Å². The van der Waals surface area contributed by atoms with Gasteiger partial charge in [-0.2, -0.15) is 0 Å². The lowest BCUT2D eigenvalue weighted by atomic mass is 10.1. The van der Waals surface area contributed by atoms with E-state index in [1.807, 2.05) is 48.2 Å². The van der Waals surface area contributed by atoms with E-state index in [0.29, 0.717) is 5.69 Å². The van der Waals surface area contributed by atoms with E-state index in [-0.39, 0.29) is 16.4 Å². The molecule has 3 aromatic carbocycles. The van der Waals surface area contributed by atoms with Gasteiger partial charge in [-0.15, -0.1) is 11.3 Å². The van der Waals surface area contributed by atoms with Gasteiger partial charge in [0.05, 0.1) is 15.1 Å². The van der Waals surface area contributed by atoms with E-state index >= 15 is 0 Å². The van der Waals surface area contributed by atoms with Gasteiger partial charge in [-0.1, -0.05) is 12.1 Å². The van der Waals surface area contributed by atoms with Crippen molar-refractivity contribution in [3.05, 3.63) is 81.9 Å². The van der Waals surface area contributed by atoms with E-state index < -0.39 is 10.8 Å². The van der Waals surface area contributed by atoms with Crippen LogP contribution in [-0.2, 0) is 0 Å². The second-order valence-corrected chi connectivity index (χ2v) is 10.4. The standard InChI is InChI=1S/C27H25N5O3S2/c1-17-15-19(26-28-21-7-3-4-8-24(21)37-26)9-11-20(17)29-27(36)30-25(33)18-10-12-22(23(16-18)32(34)35)31-13-5-2-6-14-31/h3-4,7-12,15-16H,2,5-6,13-14H2,1H3,(H2,29,30,33,36). The predicted molar refractivity (Wildman–Crippen MR) is 153 cm³/mol. The Morgan fingerprint density at radius 2 is 1.86 bits per heavy atom. The van der Waals surface area contributed by atoms with E-state index in [9.17, 15) is 14.9 Å². The summed E-state index contributed by atoms with van der Waals surface area (Å²) in [5.74, 6) is -0.505. The number of aryl methyl sites for hydroxylation is 1. The van der Waals surface area contributed by atoms with Crippen LogP contribution in [0.2, 0.25) is 0 Å². The molecule has 0 radical (unpaired) electrons. The van der Waals surface area contributed by atoms with Crippen molar-refractivity contribution < 1.29 is 9.72 Å². The summed E-state index contributed by atoms with van der Waals surface area (Å²) in [6, 6.07) is 18.5. The molecular formula is C27H25N5O3S2. The smallest absolute Gasteiger partial charge is 0.293 e. The molecule has 1 aromatic heterocycles. The van der Waals surface area contributed by atoms with E-state index in [4.69, 9.17) is 17.2 Å². The molecule has 1 aliphatic rings. The highest BCUT2D eigenvalue weighted by atomic mass is 32.1. The maximum absolute atomic E-state index is 12.8. The summed E-state index contributed by atoms with van der Waals surface area (Å²) < 4.78 is 1.13. The number of nitro groups is 1. The summed E-state index contributed by atoms with van der Waals surface area (Å²) in [6.07, 6.45) is 3.13. The zero-order valence-electron chi connectivity index (χ0n) is 20.2. The van der Waals surface area contributed by atoms with Gasteiger partial charge in [0.1, 0.15) is 10.7 Å². The average molecular weight is 532 g/mol. The number of piperidine rings is 1. The molecule has 5 rings (SSSR count). The molecule has 1 aliphatic heterocycles. The first kappa shape index (κ1) is 24.8. The van der Waals surface area contributed by atoms with Crippen LogP contribution in [-0.4, -0.2) is 34.0 Å². The molecule has 1 saturated heterocycles. The lowest BCUT2D eigenvalue weighted by Crippen LogP contribution is -2.34. The number of anilines is 2. The highest BCUT2D eigenvalue weighted by molar-refractivity contribution is 7.80. The first-order valence-corrected chi connectivity index (χ1v) is 13.2. The Bertz CT molecular complexity index is 1480. The quantitative estimate of drug-likeness (QED) is 0.177. The van der Waals surface area contributed by atoms with Gasteiger partial charge in [-0.3, -0.25) is 20.2 Å². The van der Waals surface area contributed by atoms with Crippen molar-refractivity contribution >= 4 is 61.9 Å². The molecular weight excluding hydrogens is 506 g/mol. The molecule has 0 spiro atoms. The Kier molecular flexibility index (Phi) is 7.11. The van der Waals surface area contributed by atoms with Crippen LogP contribution in [0.5, 0.6) is 0 Å². The van der Waals surface area contributed by atoms with Crippen molar-refractivity contribution in [3.8, 4) is 10.6 Å². The molecule has 2 heterocycles. The molecule has 4 aromatic rings. The van der Waals surface area contributed by atoms with Gasteiger partial charge < -0.3 is 10.2 Å². The van der Waals surface area contributed by atoms with Gasteiger partial charge in [0, 0.05) is 36.0 Å². The number of carbonyl (C=O) groups is 1. The number of fused-ring (bicyclic) bond motifs is 1. The molecule has 188 valence electrons. The van der Waals surface area contributed by atoms with E-state index in [0.717, 1.165) is 64.4 Å². The molecule has 0 atom stereocenters. The SMILES string of the molecule is Cc1cc(-c2nc3ccccc3s2)ccc1NC(=S)NC(=O)c1ccc(N2CCCCC2)c([N+](=O)[O-])c1. The average Bonchev–Trinajstić information content (AvgIpc) is 3.34. The molecule has 10 heteroatoms. The van der Waals surface area contributed by atoms with Gasteiger partial charge in [-0.05, 0) is 86.4 Å². The number of aromatic nitrogens is 1. The minimum atomic E-state index is -0.505. The van der Waals surface area contributed by atoms with E-state index in [2.05, 4.69) is 16.7 Å². The molecule has 0 saturated carbocycles. The third-order valence-corrected chi connectivity index (χ3v) is 7.66. The van der Waals surface area contributed by atoms with Crippen LogP contribution in [0, 0.1) is 17.0 Å². The Hall–Kier alpha value is -3.89. The van der Waals surface area contributed by atoms with Crippen LogP contribution in [0.25, 0.3) is 20.8 Å². The van der Waals surface area contributed by atoms with Crippen LogP contribution < -0.4 is 15.5 Å².